The van der Waals surface area contributed by atoms with Crippen molar-refractivity contribution < 1.29 is 9.53 Å². The molecular formula is C19H22N4O2. The van der Waals surface area contributed by atoms with E-state index in [0.29, 0.717) is 13.2 Å². The SMILES string of the molecule is CCOC(=O)Nc1cccc(NCc2cn3cc(C)ccc3n2)c1C. The van der Waals surface area contributed by atoms with Crippen molar-refractivity contribution >= 4 is 23.1 Å². The first-order valence-corrected chi connectivity index (χ1v) is 8.28. The standard InChI is InChI=1S/C19H22N4O2/c1-4-25-19(24)22-17-7-5-6-16(14(17)3)20-10-15-12-23-11-13(2)8-9-18(23)21-15/h5-9,11-12,20H,4,10H2,1-3H3,(H,22,24). The maximum Gasteiger partial charge on any atom is 0.411 e. The number of benzene rings is 1. The summed E-state index contributed by atoms with van der Waals surface area (Å²) in [4.78, 5) is 16.2. The first kappa shape index (κ1) is 16.8. The smallest absolute Gasteiger partial charge is 0.411 e. The van der Waals surface area contributed by atoms with Crippen LogP contribution in [0, 0.1) is 13.8 Å². The lowest BCUT2D eigenvalue weighted by Crippen LogP contribution is -2.14. The predicted molar refractivity (Wildman–Crippen MR) is 99.1 cm³/mol. The molecule has 0 fully saturated rings. The van der Waals surface area contributed by atoms with Gasteiger partial charge in [0.15, 0.2) is 0 Å². The van der Waals surface area contributed by atoms with Crippen LogP contribution < -0.4 is 10.6 Å². The summed E-state index contributed by atoms with van der Waals surface area (Å²) in [6.07, 6.45) is 3.63. The van der Waals surface area contributed by atoms with Crippen molar-refractivity contribution in [2.45, 2.75) is 27.3 Å². The van der Waals surface area contributed by atoms with E-state index in [-0.39, 0.29) is 0 Å². The number of hydrogen-bond donors (Lipinski definition) is 2. The lowest BCUT2D eigenvalue weighted by Gasteiger charge is -2.13. The van der Waals surface area contributed by atoms with Gasteiger partial charge in [-0.2, -0.15) is 0 Å². The molecule has 0 spiro atoms. The van der Waals surface area contributed by atoms with Gasteiger partial charge in [-0.25, -0.2) is 9.78 Å². The summed E-state index contributed by atoms with van der Waals surface area (Å²) in [5, 5.41) is 6.14. The number of nitrogens with one attached hydrogen (secondary N) is 2. The lowest BCUT2D eigenvalue weighted by atomic mass is 10.1. The molecule has 0 saturated heterocycles. The van der Waals surface area contributed by atoms with Crippen molar-refractivity contribution in [1.82, 2.24) is 9.38 Å². The Bertz CT molecular complexity index is 902. The van der Waals surface area contributed by atoms with Gasteiger partial charge >= 0.3 is 6.09 Å². The first-order chi connectivity index (χ1) is 12.1. The van der Waals surface area contributed by atoms with Crippen LogP contribution in [-0.4, -0.2) is 22.1 Å². The molecule has 0 unspecified atom stereocenters. The third-order valence-electron chi connectivity index (χ3n) is 3.95. The summed E-state index contributed by atoms with van der Waals surface area (Å²) < 4.78 is 6.96. The fourth-order valence-electron chi connectivity index (χ4n) is 2.67. The zero-order chi connectivity index (χ0) is 17.8. The fraction of sp³-hybridized carbons (Fsp3) is 0.263. The van der Waals surface area contributed by atoms with Gasteiger partial charge in [0.2, 0.25) is 0 Å². The summed E-state index contributed by atoms with van der Waals surface area (Å²) in [6, 6.07) is 9.78. The number of ether oxygens (including phenoxy) is 1. The second-order valence-corrected chi connectivity index (χ2v) is 5.88. The minimum absolute atomic E-state index is 0.343. The van der Waals surface area contributed by atoms with Crippen molar-refractivity contribution in [3.63, 3.8) is 0 Å². The van der Waals surface area contributed by atoms with Crippen LogP contribution in [0.25, 0.3) is 5.65 Å². The third-order valence-corrected chi connectivity index (χ3v) is 3.95. The number of aryl methyl sites for hydroxylation is 1. The van der Waals surface area contributed by atoms with Crippen molar-refractivity contribution in [2.24, 2.45) is 0 Å². The highest BCUT2D eigenvalue weighted by molar-refractivity contribution is 5.87. The Balaban J connectivity index is 1.72. The van der Waals surface area contributed by atoms with E-state index >= 15 is 0 Å². The van der Waals surface area contributed by atoms with Gasteiger partial charge in [0.05, 0.1) is 18.8 Å². The Morgan fingerprint density at radius 3 is 2.76 bits per heavy atom. The van der Waals surface area contributed by atoms with E-state index in [2.05, 4.69) is 28.7 Å². The largest absolute Gasteiger partial charge is 0.450 e. The molecule has 0 bridgehead atoms. The van der Waals surface area contributed by atoms with Gasteiger partial charge in [-0.05, 0) is 50.1 Å². The van der Waals surface area contributed by atoms with Crippen LogP contribution in [0.15, 0.2) is 42.7 Å². The number of fused-ring (bicyclic) bond motifs is 1. The molecular weight excluding hydrogens is 316 g/mol. The number of imidazole rings is 1. The van der Waals surface area contributed by atoms with Crippen molar-refractivity contribution in [3.05, 3.63) is 59.5 Å². The molecule has 0 atom stereocenters. The molecule has 6 nitrogen and oxygen atoms in total. The highest BCUT2D eigenvalue weighted by Crippen LogP contribution is 2.24. The molecule has 2 heterocycles. The van der Waals surface area contributed by atoms with Gasteiger partial charge in [-0.1, -0.05) is 12.1 Å². The summed E-state index contributed by atoms with van der Waals surface area (Å²) in [6.45, 7) is 6.74. The monoisotopic (exact) mass is 338 g/mol. The molecule has 0 saturated carbocycles. The van der Waals surface area contributed by atoms with Crippen LogP contribution in [0.1, 0.15) is 23.7 Å². The molecule has 2 N–H and O–H groups in total. The van der Waals surface area contributed by atoms with Crippen molar-refractivity contribution in [2.75, 3.05) is 17.2 Å². The molecule has 1 aromatic carbocycles. The maximum absolute atomic E-state index is 11.6. The fourth-order valence-corrected chi connectivity index (χ4v) is 2.67. The van der Waals surface area contributed by atoms with Crippen molar-refractivity contribution in [1.29, 1.82) is 0 Å². The Kier molecular flexibility index (Phi) is 4.88. The van der Waals surface area contributed by atoms with E-state index in [1.54, 1.807) is 6.92 Å². The normalized spacial score (nSPS) is 10.7. The van der Waals surface area contributed by atoms with E-state index in [1.807, 2.05) is 47.9 Å². The molecule has 3 aromatic rings. The van der Waals surface area contributed by atoms with E-state index in [9.17, 15) is 4.79 Å². The minimum atomic E-state index is -0.446. The van der Waals surface area contributed by atoms with Crippen LogP contribution in [0.2, 0.25) is 0 Å². The second-order valence-electron chi connectivity index (χ2n) is 5.88. The molecule has 0 radical (unpaired) electrons. The van der Waals surface area contributed by atoms with Gasteiger partial charge in [0.1, 0.15) is 5.65 Å². The summed E-state index contributed by atoms with van der Waals surface area (Å²) in [5.41, 5.74) is 5.70. The van der Waals surface area contributed by atoms with Crippen LogP contribution in [0.5, 0.6) is 0 Å². The van der Waals surface area contributed by atoms with E-state index in [0.717, 1.165) is 28.3 Å². The number of nitrogens with zero attached hydrogens (tertiary/aromatic N) is 2. The molecule has 0 aliphatic heterocycles. The zero-order valence-corrected chi connectivity index (χ0v) is 14.7. The van der Waals surface area contributed by atoms with Gasteiger partial charge in [-0.3, -0.25) is 5.32 Å². The maximum atomic E-state index is 11.6. The van der Waals surface area contributed by atoms with Gasteiger partial charge in [0, 0.05) is 23.8 Å². The number of aromatic nitrogens is 2. The Labute approximate surface area is 146 Å². The third kappa shape index (κ3) is 3.91. The zero-order valence-electron chi connectivity index (χ0n) is 14.7. The van der Waals surface area contributed by atoms with E-state index in [4.69, 9.17) is 4.74 Å². The molecule has 3 rings (SSSR count). The molecule has 2 aromatic heterocycles. The summed E-state index contributed by atoms with van der Waals surface area (Å²) in [7, 11) is 0. The minimum Gasteiger partial charge on any atom is -0.450 e. The molecule has 0 aliphatic rings. The average Bonchev–Trinajstić information content (AvgIpc) is 2.98. The number of amides is 1. The molecule has 130 valence electrons. The molecule has 1 amide bonds. The van der Waals surface area contributed by atoms with E-state index < -0.39 is 6.09 Å². The number of anilines is 2. The number of carbonyl (C=O) groups excluding carboxylic acids is 1. The molecule has 6 heteroatoms. The van der Waals surface area contributed by atoms with Crippen LogP contribution in [-0.2, 0) is 11.3 Å². The topological polar surface area (TPSA) is 67.7 Å². The Morgan fingerprint density at radius 2 is 1.96 bits per heavy atom. The molecule has 0 aliphatic carbocycles. The highest BCUT2D eigenvalue weighted by atomic mass is 16.5. The highest BCUT2D eigenvalue weighted by Gasteiger charge is 2.09. The number of pyridine rings is 1. The number of hydrogen-bond acceptors (Lipinski definition) is 4. The first-order valence-electron chi connectivity index (χ1n) is 8.28. The van der Waals surface area contributed by atoms with Crippen LogP contribution >= 0.6 is 0 Å². The summed E-state index contributed by atoms with van der Waals surface area (Å²) in [5.74, 6) is 0. The quantitative estimate of drug-likeness (QED) is 0.734. The predicted octanol–water partition coefficient (Wildman–Crippen LogP) is 4.13. The molecule has 25 heavy (non-hydrogen) atoms. The summed E-state index contributed by atoms with van der Waals surface area (Å²) >= 11 is 0. The second kappa shape index (κ2) is 7.25. The number of rotatable bonds is 5. The van der Waals surface area contributed by atoms with Gasteiger partial charge in [-0.15, -0.1) is 0 Å². The van der Waals surface area contributed by atoms with Gasteiger partial charge < -0.3 is 14.5 Å². The Morgan fingerprint density at radius 1 is 1.16 bits per heavy atom. The lowest BCUT2D eigenvalue weighted by molar-refractivity contribution is 0.168. The Hall–Kier alpha value is -3.02. The van der Waals surface area contributed by atoms with Crippen LogP contribution in [0.3, 0.4) is 0 Å². The van der Waals surface area contributed by atoms with Crippen LogP contribution in [0.4, 0.5) is 16.2 Å². The number of carbonyl (C=O) groups is 1. The van der Waals surface area contributed by atoms with Gasteiger partial charge in [0.25, 0.3) is 0 Å². The van der Waals surface area contributed by atoms with Crippen molar-refractivity contribution in [3.8, 4) is 0 Å². The van der Waals surface area contributed by atoms with E-state index in [1.165, 1.54) is 5.56 Å². The average molecular weight is 338 g/mol.